The van der Waals surface area contributed by atoms with Crippen molar-refractivity contribution in [3.8, 4) is 16.9 Å². The van der Waals surface area contributed by atoms with E-state index in [0.29, 0.717) is 11.3 Å². The molecule has 0 radical (unpaired) electrons. The summed E-state index contributed by atoms with van der Waals surface area (Å²) in [5, 5.41) is 11.5. The summed E-state index contributed by atoms with van der Waals surface area (Å²) in [7, 11) is 2.93. The van der Waals surface area contributed by atoms with Crippen molar-refractivity contribution in [2.24, 2.45) is 0 Å². The molecular formula is C20H18O4. The summed E-state index contributed by atoms with van der Waals surface area (Å²) in [6.45, 7) is -0.114. The van der Waals surface area contributed by atoms with Crippen LogP contribution in [0.2, 0.25) is 0 Å². The highest BCUT2D eigenvalue weighted by Gasteiger charge is 2.21. The molecule has 0 fully saturated rings. The number of esters is 1. The number of aliphatic hydroxyl groups is 1. The molecule has 0 spiro atoms. The summed E-state index contributed by atoms with van der Waals surface area (Å²) in [5.74, 6) is 0.165. The molecule has 0 aliphatic heterocycles. The third kappa shape index (κ3) is 2.61. The van der Waals surface area contributed by atoms with Crippen LogP contribution in [0.3, 0.4) is 0 Å². The van der Waals surface area contributed by atoms with Gasteiger partial charge in [0, 0.05) is 10.9 Å². The summed E-state index contributed by atoms with van der Waals surface area (Å²) >= 11 is 0. The Balaban J connectivity index is 2.46. The summed E-state index contributed by atoms with van der Waals surface area (Å²) < 4.78 is 10.4. The monoisotopic (exact) mass is 322 g/mol. The average Bonchev–Trinajstić information content (AvgIpc) is 2.66. The van der Waals surface area contributed by atoms with Gasteiger partial charge in [0.25, 0.3) is 0 Å². The summed E-state index contributed by atoms with van der Waals surface area (Å²) in [5.41, 5.74) is 2.70. The Morgan fingerprint density at radius 2 is 1.67 bits per heavy atom. The highest BCUT2D eigenvalue weighted by molar-refractivity contribution is 6.10. The van der Waals surface area contributed by atoms with Crippen LogP contribution in [-0.4, -0.2) is 25.3 Å². The number of hydrogen-bond acceptors (Lipinski definition) is 4. The van der Waals surface area contributed by atoms with Crippen LogP contribution in [0.15, 0.2) is 54.6 Å². The van der Waals surface area contributed by atoms with E-state index in [-0.39, 0.29) is 6.61 Å². The van der Waals surface area contributed by atoms with Gasteiger partial charge in [0.2, 0.25) is 0 Å². The van der Waals surface area contributed by atoms with Gasteiger partial charge in [-0.3, -0.25) is 0 Å². The van der Waals surface area contributed by atoms with Gasteiger partial charge in [0.1, 0.15) is 5.75 Å². The second-order valence-electron chi connectivity index (χ2n) is 5.35. The maximum Gasteiger partial charge on any atom is 0.338 e. The van der Waals surface area contributed by atoms with Crippen molar-refractivity contribution in [2.45, 2.75) is 6.61 Å². The maximum absolute atomic E-state index is 12.4. The Kier molecular flexibility index (Phi) is 4.49. The number of carbonyl (C=O) groups is 1. The van der Waals surface area contributed by atoms with Crippen LogP contribution in [0, 0.1) is 0 Å². The molecule has 0 saturated heterocycles. The fourth-order valence-electron chi connectivity index (χ4n) is 2.97. The van der Waals surface area contributed by atoms with Crippen LogP contribution >= 0.6 is 0 Å². The first kappa shape index (κ1) is 16.0. The molecule has 24 heavy (non-hydrogen) atoms. The topological polar surface area (TPSA) is 55.8 Å². The molecule has 0 bridgehead atoms. The number of benzene rings is 3. The zero-order valence-corrected chi connectivity index (χ0v) is 13.6. The van der Waals surface area contributed by atoms with Gasteiger partial charge in [-0.15, -0.1) is 0 Å². The average molecular weight is 322 g/mol. The van der Waals surface area contributed by atoms with Gasteiger partial charge in [0.15, 0.2) is 0 Å². The van der Waals surface area contributed by atoms with Crippen LogP contribution in [0.25, 0.3) is 21.9 Å². The normalized spacial score (nSPS) is 10.6. The van der Waals surface area contributed by atoms with Crippen LogP contribution in [0.5, 0.6) is 5.75 Å². The van der Waals surface area contributed by atoms with E-state index in [1.165, 1.54) is 7.11 Å². The molecule has 4 heteroatoms. The van der Waals surface area contributed by atoms with Gasteiger partial charge in [-0.05, 0) is 22.6 Å². The van der Waals surface area contributed by atoms with Crippen LogP contribution in [0.4, 0.5) is 0 Å². The number of hydrogen-bond donors (Lipinski definition) is 1. The number of fused-ring (bicyclic) bond motifs is 1. The van der Waals surface area contributed by atoms with Gasteiger partial charge in [-0.25, -0.2) is 4.79 Å². The largest absolute Gasteiger partial charge is 0.496 e. The summed E-state index contributed by atoms with van der Waals surface area (Å²) in [4.78, 5) is 12.4. The highest BCUT2D eigenvalue weighted by atomic mass is 16.5. The lowest BCUT2D eigenvalue weighted by Gasteiger charge is -2.17. The molecule has 0 aromatic heterocycles. The highest BCUT2D eigenvalue weighted by Crippen LogP contribution is 2.39. The minimum absolute atomic E-state index is 0.114. The Bertz CT molecular complexity index is 899. The predicted octanol–water partition coefficient (Wildman–Crippen LogP) is 3.79. The molecule has 3 rings (SSSR count). The zero-order chi connectivity index (χ0) is 17.1. The fourth-order valence-corrected chi connectivity index (χ4v) is 2.97. The minimum atomic E-state index is -0.443. The Morgan fingerprint density at radius 3 is 2.33 bits per heavy atom. The Morgan fingerprint density at radius 1 is 1.00 bits per heavy atom. The van der Waals surface area contributed by atoms with Gasteiger partial charge in [0.05, 0.1) is 26.4 Å². The molecule has 0 aliphatic carbocycles. The van der Waals surface area contributed by atoms with Crippen molar-refractivity contribution < 1.29 is 19.4 Å². The van der Waals surface area contributed by atoms with E-state index in [0.717, 1.165) is 27.5 Å². The molecule has 122 valence electrons. The molecule has 3 aromatic rings. The molecule has 0 amide bonds. The minimum Gasteiger partial charge on any atom is -0.496 e. The Labute approximate surface area is 140 Å². The number of aliphatic hydroxyl groups excluding tert-OH is 1. The quantitative estimate of drug-likeness (QED) is 0.742. The van der Waals surface area contributed by atoms with Crippen molar-refractivity contribution >= 4 is 16.7 Å². The summed E-state index contributed by atoms with van der Waals surface area (Å²) in [6, 6.07) is 16.9. The first-order chi connectivity index (χ1) is 11.7. The van der Waals surface area contributed by atoms with Crippen molar-refractivity contribution in [1.29, 1.82) is 0 Å². The third-order valence-electron chi connectivity index (χ3n) is 4.09. The van der Waals surface area contributed by atoms with Gasteiger partial charge in [-0.2, -0.15) is 0 Å². The Hall–Kier alpha value is -2.85. The van der Waals surface area contributed by atoms with E-state index < -0.39 is 5.97 Å². The lowest BCUT2D eigenvalue weighted by Crippen LogP contribution is -2.06. The molecule has 0 unspecified atom stereocenters. The lowest BCUT2D eigenvalue weighted by molar-refractivity contribution is 0.0601. The van der Waals surface area contributed by atoms with E-state index >= 15 is 0 Å². The number of ether oxygens (including phenoxy) is 2. The second-order valence-corrected chi connectivity index (χ2v) is 5.35. The van der Waals surface area contributed by atoms with Crippen LogP contribution < -0.4 is 4.74 Å². The number of carbonyl (C=O) groups excluding carboxylic acids is 1. The number of methoxy groups -OCH3 is 2. The number of rotatable bonds is 4. The SMILES string of the molecule is COC(=O)c1cc(OC)c2ccccc2c1-c1ccccc1CO. The standard InChI is InChI=1S/C20H18O4/c1-23-18-11-17(20(22)24-2)19(16-10-6-5-9-15(16)18)14-8-4-3-7-13(14)12-21/h3-11,21H,12H2,1-2H3. The second kappa shape index (κ2) is 6.72. The van der Waals surface area contributed by atoms with E-state index in [9.17, 15) is 9.90 Å². The van der Waals surface area contributed by atoms with Crippen molar-refractivity contribution in [3.05, 3.63) is 65.7 Å². The maximum atomic E-state index is 12.4. The zero-order valence-electron chi connectivity index (χ0n) is 13.6. The van der Waals surface area contributed by atoms with E-state index in [1.807, 2.05) is 48.5 Å². The molecule has 0 atom stereocenters. The predicted molar refractivity (Wildman–Crippen MR) is 93.2 cm³/mol. The van der Waals surface area contributed by atoms with Gasteiger partial charge in [-0.1, -0.05) is 48.5 Å². The van der Waals surface area contributed by atoms with E-state index in [4.69, 9.17) is 9.47 Å². The summed E-state index contributed by atoms with van der Waals surface area (Å²) in [6.07, 6.45) is 0. The van der Waals surface area contributed by atoms with Gasteiger partial charge < -0.3 is 14.6 Å². The smallest absolute Gasteiger partial charge is 0.338 e. The van der Waals surface area contributed by atoms with Gasteiger partial charge >= 0.3 is 5.97 Å². The molecule has 4 nitrogen and oxygen atoms in total. The molecule has 3 aromatic carbocycles. The molecular weight excluding hydrogens is 304 g/mol. The first-order valence-corrected chi connectivity index (χ1v) is 7.58. The van der Waals surface area contributed by atoms with Crippen molar-refractivity contribution in [1.82, 2.24) is 0 Å². The molecule has 1 N–H and O–H groups in total. The van der Waals surface area contributed by atoms with E-state index in [2.05, 4.69) is 0 Å². The molecule has 0 heterocycles. The lowest BCUT2D eigenvalue weighted by atomic mass is 9.90. The van der Waals surface area contributed by atoms with Crippen molar-refractivity contribution in [2.75, 3.05) is 14.2 Å². The third-order valence-corrected chi connectivity index (χ3v) is 4.09. The molecule has 0 aliphatic rings. The molecule has 0 saturated carbocycles. The van der Waals surface area contributed by atoms with Crippen LogP contribution in [0.1, 0.15) is 15.9 Å². The van der Waals surface area contributed by atoms with E-state index in [1.54, 1.807) is 13.2 Å². The first-order valence-electron chi connectivity index (χ1n) is 7.58. The van der Waals surface area contributed by atoms with Crippen LogP contribution in [-0.2, 0) is 11.3 Å². The fraction of sp³-hybridized carbons (Fsp3) is 0.150. The van der Waals surface area contributed by atoms with Crippen molar-refractivity contribution in [3.63, 3.8) is 0 Å².